The Labute approximate surface area is 434 Å². The Morgan fingerprint density at radius 2 is 1.03 bits per heavy atom. The molecule has 0 saturated carbocycles. The number of allylic oxidation sites excluding steroid dienone is 6. The fourth-order valence-electron chi connectivity index (χ4n) is 11.9. The minimum absolute atomic E-state index is 0.210. The molecule has 2 unspecified atom stereocenters. The van der Waals surface area contributed by atoms with Crippen LogP contribution in [0.1, 0.15) is 53.1 Å². The largest absolute Gasteiger partial charge is 0.333 e. The first-order chi connectivity index (χ1) is 36.4. The van der Waals surface area contributed by atoms with Crippen molar-refractivity contribution in [2.75, 3.05) is 4.90 Å². The van der Waals surface area contributed by atoms with Crippen molar-refractivity contribution in [2.45, 2.75) is 25.8 Å². The molecule has 1 aliphatic heterocycles. The van der Waals surface area contributed by atoms with Gasteiger partial charge in [0.15, 0.2) is 0 Å². The van der Waals surface area contributed by atoms with E-state index in [4.69, 9.17) is 0 Å². The van der Waals surface area contributed by atoms with E-state index in [-0.39, 0.29) is 12.0 Å². The Bertz CT molecular complexity index is 4110. The van der Waals surface area contributed by atoms with E-state index in [0.29, 0.717) is 0 Å². The Balaban J connectivity index is 0.000000209. The molecule has 0 radical (unpaired) electrons. The summed E-state index contributed by atoms with van der Waals surface area (Å²) in [5.74, 6) is 0.227. The molecular formula is C72H54N2. The van der Waals surface area contributed by atoms with Gasteiger partial charge in [-0.2, -0.15) is 0 Å². The van der Waals surface area contributed by atoms with Crippen molar-refractivity contribution in [3.8, 4) is 27.9 Å². The van der Waals surface area contributed by atoms with Crippen molar-refractivity contribution < 1.29 is 0 Å². The van der Waals surface area contributed by atoms with Gasteiger partial charge in [-0.3, -0.25) is 0 Å². The van der Waals surface area contributed by atoms with E-state index in [1.165, 1.54) is 111 Å². The average Bonchev–Trinajstić information content (AvgIpc) is 4.08. The zero-order valence-corrected chi connectivity index (χ0v) is 41.7. The molecule has 2 atom stereocenters. The first kappa shape index (κ1) is 44.7. The summed E-state index contributed by atoms with van der Waals surface area (Å²) in [6.07, 6.45) is 7.18. The molecule has 0 bridgehead atoms. The van der Waals surface area contributed by atoms with Crippen LogP contribution in [0.4, 0.5) is 11.4 Å². The maximum atomic E-state index is 4.37. The number of hydrogen-bond donors (Lipinski definition) is 0. The number of nitrogens with zero attached hydrogens (tertiary/aromatic N) is 2. The topological polar surface area (TPSA) is 8.17 Å². The Morgan fingerprint density at radius 1 is 0.473 bits per heavy atom. The second-order valence-electron chi connectivity index (χ2n) is 19.9. The van der Waals surface area contributed by atoms with E-state index in [1.54, 1.807) is 0 Å². The van der Waals surface area contributed by atoms with Crippen LogP contribution in [0, 0.1) is 0 Å². The highest BCUT2D eigenvalue weighted by atomic mass is 15.2. The minimum atomic E-state index is 0.210. The number of rotatable bonds is 8. The Kier molecular flexibility index (Phi) is 11.1. The van der Waals surface area contributed by atoms with Crippen molar-refractivity contribution in [1.29, 1.82) is 0 Å². The lowest BCUT2D eigenvalue weighted by molar-refractivity contribution is 0.747. The molecule has 352 valence electrons. The summed E-state index contributed by atoms with van der Waals surface area (Å²) >= 11 is 0. The van der Waals surface area contributed by atoms with Crippen LogP contribution >= 0.6 is 0 Å². The zero-order chi connectivity index (χ0) is 49.9. The molecule has 11 aromatic rings. The highest BCUT2D eigenvalue weighted by molar-refractivity contribution is 6.25. The first-order valence-corrected chi connectivity index (χ1v) is 25.7. The van der Waals surface area contributed by atoms with E-state index in [1.807, 2.05) is 6.07 Å². The standard InChI is InChI=1S/C51H38N2.C21H16/c1-34(2)37-17-12-20-43(29-37)53-50-26-22-39(36-15-8-4-9-16-36)31-45(50)47-33-41(24-28-51(47)53)40-23-27-49-46(32-40)44-30-38(35-13-6-3-7-14-35)21-25-48(44)52(49)42-18-10-5-11-19-42;1-14(16-8-4-3-5-9-16)20-15(2)18-12-6-10-17-11-7-13-19(20)21(17)18/h3-33,44,48H,1H2,2H3;3-13H,1H2,2H3. The van der Waals surface area contributed by atoms with Crippen LogP contribution in [-0.2, 0) is 0 Å². The molecule has 2 nitrogen and oxygen atoms in total. The van der Waals surface area contributed by atoms with Gasteiger partial charge in [-0.1, -0.05) is 213 Å². The normalized spacial score (nSPS) is 15.2. The predicted molar refractivity (Wildman–Crippen MR) is 317 cm³/mol. The van der Waals surface area contributed by atoms with Gasteiger partial charge in [-0.15, -0.1) is 0 Å². The second kappa shape index (κ2) is 18.4. The fourth-order valence-corrected chi connectivity index (χ4v) is 11.9. The van der Waals surface area contributed by atoms with E-state index in [0.717, 1.165) is 22.4 Å². The maximum Gasteiger partial charge on any atom is 0.0630 e. The smallest absolute Gasteiger partial charge is 0.0630 e. The lowest BCUT2D eigenvalue weighted by Crippen LogP contribution is -2.28. The molecule has 1 aromatic heterocycles. The third-order valence-electron chi connectivity index (χ3n) is 15.5. The molecule has 3 aliphatic rings. The summed E-state index contributed by atoms with van der Waals surface area (Å²) in [5.41, 5.74) is 24.6. The molecule has 14 rings (SSSR count). The van der Waals surface area contributed by atoms with E-state index in [9.17, 15) is 0 Å². The van der Waals surface area contributed by atoms with Crippen molar-refractivity contribution in [3.63, 3.8) is 0 Å². The number of hydrogen-bond acceptors (Lipinski definition) is 1. The van der Waals surface area contributed by atoms with E-state index >= 15 is 0 Å². The van der Waals surface area contributed by atoms with Crippen LogP contribution in [-0.4, -0.2) is 10.6 Å². The van der Waals surface area contributed by atoms with Crippen LogP contribution in [0.3, 0.4) is 0 Å². The lowest BCUT2D eigenvalue weighted by Gasteiger charge is -2.29. The minimum Gasteiger partial charge on any atom is -0.333 e. The fraction of sp³-hybridized carbons (Fsp3) is 0.0556. The number of para-hydroxylation sites is 1. The summed E-state index contributed by atoms with van der Waals surface area (Å²) < 4.78 is 2.41. The molecule has 2 heterocycles. The average molecular weight is 947 g/mol. The molecule has 0 spiro atoms. The van der Waals surface area contributed by atoms with Crippen molar-refractivity contribution >= 4 is 71.8 Å². The van der Waals surface area contributed by atoms with Crippen molar-refractivity contribution in [2.24, 2.45) is 0 Å². The number of fused-ring (bicyclic) bond motifs is 6. The first-order valence-electron chi connectivity index (χ1n) is 25.7. The summed E-state index contributed by atoms with van der Waals surface area (Å²) in [7, 11) is 0. The van der Waals surface area contributed by atoms with Crippen molar-refractivity contribution in [3.05, 3.63) is 301 Å². The SMILES string of the molecule is C=C(C)c1cccc(-n2c3ccc(-c4ccccc4)cc3c3cc(-c4ccc5c(c4)C4C=C(c6ccccc6)C=CC4N5c4ccccc4)ccc32)c1.C=C(C1=C(C)c2cccc3cccc1c23)c1ccccc1. The van der Waals surface area contributed by atoms with Gasteiger partial charge >= 0.3 is 0 Å². The second-order valence-corrected chi connectivity index (χ2v) is 19.9. The molecule has 0 amide bonds. The van der Waals surface area contributed by atoms with Crippen LogP contribution in [0.25, 0.3) is 88.4 Å². The molecule has 0 N–H and O–H groups in total. The molecule has 2 heteroatoms. The molecular weight excluding hydrogens is 893 g/mol. The molecule has 10 aromatic carbocycles. The van der Waals surface area contributed by atoms with Gasteiger partial charge in [0, 0.05) is 33.8 Å². The van der Waals surface area contributed by atoms with Gasteiger partial charge in [-0.25, -0.2) is 0 Å². The van der Waals surface area contributed by atoms with Gasteiger partial charge in [-0.05, 0) is 163 Å². The van der Waals surface area contributed by atoms with E-state index < -0.39 is 0 Å². The number of anilines is 2. The highest BCUT2D eigenvalue weighted by Crippen LogP contribution is 2.51. The summed E-state index contributed by atoms with van der Waals surface area (Å²) in [6.45, 7) is 12.9. The Hall–Kier alpha value is -9.24. The molecule has 0 fully saturated rings. The Morgan fingerprint density at radius 3 is 1.70 bits per heavy atom. The zero-order valence-electron chi connectivity index (χ0n) is 41.7. The van der Waals surface area contributed by atoms with Crippen LogP contribution in [0.5, 0.6) is 0 Å². The monoisotopic (exact) mass is 946 g/mol. The van der Waals surface area contributed by atoms with Gasteiger partial charge < -0.3 is 9.47 Å². The molecule has 0 saturated heterocycles. The predicted octanol–water partition coefficient (Wildman–Crippen LogP) is 19.2. The van der Waals surface area contributed by atoms with Crippen LogP contribution in [0.2, 0.25) is 0 Å². The molecule has 2 aliphatic carbocycles. The molecule has 74 heavy (non-hydrogen) atoms. The third kappa shape index (κ3) is 7.66. The summed E-state index contributed by atoms with van der Waals surface area (Å²) in [4.78, 5) is 2.51. The highest BCUT2D eigenvalue weighted by Gasteiger charge is 2.38. The summed E-state index contributed by atoms with van der Waals surface area (Å²) in [5, 5.41) is 5.16. The van der Waals surface area contributed by atoms with E-state index in [2.05, 4.69) is 285 Å². The number of aromatic nitrogens is 1. The maximum absolute atomic E-state index is 4.37. The summed E-state index contributed by atoms with van der Waals surface area (Å²) in [6, 6.07) is 85.7. The van der Waals surface area contributed by atoms with Gasteiger partial charge in [0.1, 0.15) is 0 Å². The van der Waals surface area contributed by atoms with Gasteiger partial charge in [0.05, 0.1) is 17.1 Å². The van der Waals surface area contributed by atoms with Gasteiger partial charge in [0.2, 0.25) is 0 Å². The third-order valence-corrected chi connectivity index (χ3v) is 15.5. The van der Waals surface area contributed by atoms with Gasteiger partial charge in [0.25, 0.3) is 0 Å². The van der Waals surface area contributed by atoms with Crippen LogP contribution < -0.4 is 4.90 Å². The van der Waals surface area contributed by atoms with Crippen molar-refractivity contribution in [1.82, 2.24) is 4.57 Å². The van der Waals surface area contributed by atoms with Crippen LogP contribution in [0.15, 0.2) is 268 Å². The number of benzene rings is 10. The lowest BCUT2D eigenvalue weighted by atomic mass is 9.85. The quantitative estimate of drug-likeness (QED) is 0.147.